The lowest BCUT2D eigenvalue weighted by Gasteiger charge is -2.12. The fraction of sp³-hybridized carbons (Fsp3) is 0.412. The number of alkyl halides is 3. The first kappa shape index (κ1) is 18.7. The van der Waals surface area contributed by atoms with Gasteiger partial charge in [-0.25, -0.2) is 9.66 Å². The molecule has 3 heterocycles. The van der Waals surface area contributed by atoms with Crippen molar-refractivity contribution in [2.45, 2.75) is 38.8 Å². The molecule has 0 unspecified atom stereocenters. The number of nitrogens with one attached hydrogen (secondary N) is 1. The van der Waals surface area contributed by atoms with E-state index in [0.29, 0.717) is 21.0 Å². The molecular formula is C17H16F3N5O2S. The number of hydrogen-bond acceptors (Lipinski definition) is 5. The number of rotatable bonds is 2. The largest absolute Gasteiger partial charge is 0.433 e. The summed E-state index contributed by atoms with van der Waals surface area (Å²) >= 11 is 1.48. The first-order chi connectivity index (χ1) is 13.2. The summed E-state index contributed by atoms with van der Waals surface area (Å²) in [5.74, 6) is -0.669. The molecule has 0 bridgehead atoms. The van der Waals surface area contributed by atoms with E-state index in [4.69, 9.17) is 0 Å². The Morgan fingerprint density at radius 1 is 1.29 bits per heavy atom. The molecule has 0 fully saturated rings. The predicted molar refractivity (Wildman–Crippen MR) is 97.2 cm³/mol. The number of aromatic nitrogens is 4. The third-order valence-electron chi connectivity index (χ3n) is 4.77. The molecule has 1 aliphatic rings. The SMILES string of the molecule is Cc1nc2sc3c(c2c(=O)n1NC(=O)c1cc(C(F)(F)F)n(C)n1)CCCC3. The van der Waals surface area contributed by atoms with Crippen LogP contribution in [0.5, 0.6) is 0 Å². The molecule has 11 heteroatoms. The van der Waals surface area contributed by atoms with Gasteiger partial charge in [-0.05, 0) is 38.2 Å². The van der Waals surface area contributed by atoms with Gasteiger partial charge in [0.25, 0.3) is 11.5 Å². The van der Waals surface area contributed by atoms with Crippen molar-refractivity contribution in [1.29, 1.82) is 0 Å². The van der Waals surface area contributed by atoms with Crippen molar-refractivity contribution in [3.05, 3.63) is 44.1 Å². The van der Waals surface area contributed by atoms with Crippen LogP contribution in [0, 0.1) is 6.92 Å². The topological polar surface area (TPSA) is 81.8 Å². The van der Waals surface area contributed by atoms with Crippen LogP contribution in [0.2, 0.25) is 0 Å². The van der Waals surface area contributed by atoms with E-state index >= 15 is 0 Å². The van der Waals surface area contributed by atoms with Crippen LogP contribution in [0.25, 0.3) is 10.2 Å². The summed E-state index contributed by atoms with van der Waals surface area (Å²) in [6, 6.07) is 0.647. The fourth-order valence-electron chi connectivity index (χ4n) is 3.44. The monoisotopic (exact) mass is 411 g/mol. The maximum Gasteiger partial charge on any atom is 0.433 e. The van der Waals surface area contributed by atoms with Crippen LogP contribution in [0.4, 0.5) is 13.2 Å². The maximum atomic E-state index is 13.0. The number of hydrogen-bond donors (Lipinski definition) is 1. The second-order valence-electron chi connectivity index (χ2n) is 6.67. The first-order valence-corrected chi connectivity index (χ1v) is 9.45. The van der Waals surface area contributed by atoms with Crippen molar-refractivity contribution in [1.82, 2.24) is 19.4 Å². The number of aryl methyl sites for hydroxylation is 4. The van der Waals surface area contributed by atoms with Crippen LogP contribution in [-0.4, -0.2) is 25.3 Å². The number of fused-ring (bicyclic) bond motifs is 3. The lowest BCUT2D eigenvalue weighted by Crippen LogP contribution is -2.35. The van der Waals surface area contributed by atoms with E-state index in [0.717, 1.165) is 47.8 Å². The third-order valence-corrected chi connectivity index (χ3v) is 5.96. The summed E-state index contributed by atoms with van der Waals surface area (Å²) in [6.45, 7) is 1.55. The summed E-state index contributed by atoms with van der Waals surface area (Å²) in [5, 5.41) is 4.08. The molecule has 3 aromatic rings. The van der Waals surface area contributed by atoms with Crippen molar-refractivity contribution in [2.75, 3.05) is 5.43 Å². The van der Waals surface area contributed by atoms with Gasteiger partial charge in [0.2, 0.25) is 0 Å². The van der Waals surface area contributed by atoms with Gasteiger partial charge in [0.15, 0.2) is 5.69 Å². The molecular weight excluding hydrogens is 395 g/mol. The predicted octanol–water partition coefficient (Wildman–Crippen LogP) is 2.78. The van der Waals surface area contributed by atoms with Crippen molar-refractivity contribution < 1.29 is 18.0 Å². The molecule has 28 heavy (non-hydrogen) atoms. The van der Waals surface area contributed by atoms with Crippen molar-refractivity contribution in [3.63, 3.8) is 0 Å². The standard InChI is InChI=1S/C17H16F3N5O2S/c1-8-21-15-13(9-5-3-4-6-11(9)28-15)16(27)25(8)23-14(26)10-7-12(17(18,19)20)24(2)22-10/h7H,3-6H2,1-2H3,(H,23,26). The van der Waals surface area contributed by atoms with Crippen LogP contribution >= 0.6 is 11.3 Å². The Morgan fingerprint density at radius 3 is 2.68 bits per heavy atom. The Bertz CT molecular complexity index is 1160. The number of carbonyl (C=O) groups excluding carboxylic acids is 1. The van der Waals surface area contributed by atoms with Gasteiger partial charge in [0.1, 0.15) is 16.3 Å². The Balaban J connectivity index is 1.74. The number of halogens is 3. The van der Waals surface area contributed by atoms with E-state index in [9.17, 15) is 22.8 Å². The molecule has 1 aliphatic carbocycles. The molecule has 7 nitrogen and oxygen atoms in total. The molecule has 148 valence electrons. The summed E-state index contributed by atoms with van der Waals surface area (Å²) < 4.78 is 40.3. The third kappa shape index (κ3) is 2.99. The molecule has 0 aromatic carbocycles. The van der Waals surface area contributed by atoms with E-state index in [-0.39, 0.29) is 5.82 Å². The van der Waals surface area contributed by atoms with E-state index in [1.54, 1.807) is 6.92 Å². The van der Waals surface area contributed by atoms with Gasteiger partial charge < -0.3 is 0 Å². The Hall–Kier alpha value is -2.69. The van der Waals surface area contributed by atoms with Gasteiger partial charge in [-0.1, -0.05) is 0 Å². The smallest absolute Gasteiger partial charge is 0.267 e. The second kappa shape index (κ2) is 6.43. The van der Waals surface area contributed by atoms with Crippen LogP contribution in [0.1, 0.15) is 45.3 Å². The summed E-state index contributed by atoms with van der Waals surface area (Å²) in [4.78, 5) is 31.6. The Morgan fingerprint density at radius 2 is 2.00 bits per heavy atom. The van der Waals surface area contributed by atoms with Gasteiger partial charge in [-0.2, -0.15) is 18.3 Å². The highest BCUT2D eigenvalue weighted by Crippen LogP contribution is 2.33. The van der Waals surface area contributed by atoms with Crippen LogP contribution in [0.15, 0.2) is 10.9 Å². The molecule has 0 spiro atoms. The highest BCUT2D eigenvalue weighted by molar-refractivity contribution is 7.18. The lowest BCUT2D eigenvalue weighted by atomic mass is 9.97. The maximum absolute atomic E-state index is 13.0. The van der Waals surface area contributed by atoms with Crippen molar-refractivity contribution in [3.8, 4) is 0 Å². The van der Waals surface area contributed by atoms with E-state index < -0.39 is 29.0 Å². The molecule has 0 saturated carbocycles. The molecule has 0 saturated heterocycles. The lowest BCUT2D eigenvalue weighted by molar-refractivity contribution is -0.143. The first-order valence-electron chi connectivity index (χ1n) is 8.63. The Kier molecular flexibility index (Phi) is 4.29. The van der Waals surface area contributed by atoms with Crippen LogP contribution < -0.4 is 11.0 Å². The van der Waals surface area contributed by atoms with E-state index in [2.05, 4.69) is 15.5 Å². The molecule has 0 aliphatic heterocycles. The second-order valence-corrected chi connectivity index (χ2v) is 7.75. The number of carbonyl (C=O) groups is 1. The minimum atomic E-state index is -4.64. The molecule has 4 rings (SSSR count). The summed E-state index contributed by atoms with van der Waals surface area (Å²) in [7, 11) is 1.10. The zero-order valence-corrected chi connectivity index (χ0v) is 15.9. The van der Waals surface area contributed by atoms with Crippen molar-refractivity contribution in [2.24, 2.45) is 7.05 Å². The highest BCUT2D eigenvalue weighted by atomic mass is 32.1. The normalized spacial score (nSPS) is 14.3. The highest BCUT2D eigenvalue weighted by Gasteiger charge is 2.36. The van der Waals surface area contributed by atoms with Gasteiger partial charge in [-0.3, -0.25) is 19.7 Å². The van der Waals surface area contributed by atoms with Crippen LogP contribution in [-0.2, 0) is 26.1 Å². The van der Waals surface area contributed by atoms with Gasteiger partial charge in [-0.15, -0.1) is 11.3 Å². The van der Waals surface area contributed by atoms with Crippen LogP contribution in [0.3, 0.4) is 0 Å². The summed E-state index contributed by atoms with van der Waals surface area (Å²) in [5.41, 5.74) is 1.38. The summed E-state index contributed by atoms with van der Waals surface area (Å²) in [6.07, 6.45) is -0.922. The fourth-order valence-corrected chi connectivity index (χ4v) is 4.74. The zero-order chi connectivity index (χ0) is 20.2. The van der Waals surface area contributed by atoms with Gasteiger partial charge >= 0.3 is 6.18 Å². The van der Waals surface area contributed by atoms with Crippen molar-refractivity contribution >= 4 is 27.5 Å². The van der Waals surface area contributed by atoms with Gasteiger partial charge in [0.05, 0.1) is 5.39 Å². The van der Waals surface area contributed by atoms with E-state index in [1.165, 1.54) is 11.3 Å². The average Bonchev–Trinajstić information content (AvgIpc) is 3.18. The minimum absolute atomic E-state index is 0.247. The minimum Gasteiger partial charge on any atom is -0.267 e. The molecule has 0 atom stereocenters. The number of amides is 1. The molecule has 0 radical (unpaired) electrons. The molecule has 1 N–H and O–H groups in total. The average molecular weight is 411 g/mol. The molecule has 1 amide bonds. The zero-order valence-electron chi connectivity index (χ0n) is 15.1. The van der Waals surface area contributed by atoms with E-state index in [1.807, 2.05) is 0 Å². The molecule has 3 aromatic heterocycles. The quantitative estimate of drug-likeness (QED) is 0.703. The number of thiophene rings is 1. The van der Waals surface area contributed by atoms with Gasteiger partial charge in [0, 0.05) is 18.0 Å². The number of nitrogens with zero attached hydrogens (tertiary/aromatic N) is 4. The Labute approximate surface area is 160 Å².